The number of allylic oxidation sites excluding steroid dienone is 1. The molecule has 25 heavy (non-hydrogen) atoms. The Kier molecular flexibility index (Phi) is 6.12. The second kappa shape index (κ2) is 8.72. The summed E-state index contributed by atoms with van der Waals surface area (Å²) in [6.07, 6.45) is 4.04. The molecule has 0 radical (unpaired) electrons. The van der Waals surface area contributed by atoms with Gasteiger partial charge in [-0.05, 0) is 42.3 Å². The lowest BCUT2D eigenvalue weighted by Gasteiger charge is -2.37. The molecule has 0 amide bonds. The van der Waals surface area contributed by atoms with Gasteiger partial charge in [0.15, 0.2) is 0 Å². The Morgan fingerprint density at radius 1 is 1.16 bits per heavy atom. The largest absolute Gasteiger partial charge is 0.492 e. The summed E-state index contributed by atoms with van der Waals surface area (Å²) in [5, 5.41) is 6.95. The molecular formula is C20H28N4O. The molecule has 1 saturated heterocycles. The minimum Gasteiger partial charge on any atom is -0.492 e. The third-order valence-electron chi connectivity index (χ3n) is 4.70. The third-order valence-corrected chi connectivity index (χ3v) is 4.70. The van der Waals surface area contributed by atoms with Gasteiger partial charge in [0.1, 0.15) is 12.4 Å². The van der Waals surface area contributed by atoms with Gasteiger partial charge in [0.25, 0.3) is 0 Å². The van der Waals surface area contributed by atoms with Gasteiger partial charge in [0.05, 0.1) is 5.69 Å². The number of hydrogen-bond acceptors (Lipinski definition) is 4. The van der Waals surface area contributed by atoms with Gasteiger partial charge in [0.2, 0.25) is 0 Å². The first-order valence-electron chi connectivity index (χ1n) is 9.14. The number of hydrogen-bond donors (Lipinski definition) is 1. The fourth-order valence-electron chi connectivity index (χ4n) is 3.17. The summed E-state index contributed by atoms with van der Waals surface area (Å²) < 4.78 is 5.90. The van der Waals surface area contributed by atoms with E-state index in [1.54, 1.807) is 6.20 Å². The van der Waals surface area contributed by atoms with Gasteiger partial charge in [-0.1, -0.05) is 19.9 Å². The van der Waals surface area contributed by atoms with Gasteiger partial charge in [-0.2, -0.15) is 5.10 Å². The smallest absolute Gasteiger partial charge is 0.119 e. The molecule has 3 rings (SSSR count). The molecule has 2 heterocycles. The highest BCUT2D eigenvalue weighted by Crippen LogP contribution is 2.20. The van der Waals surface area contributed by atoms with Crippen molar-refractivity contribution in [3.8, 4) is 17.0 Å². The summed E-state index contributed by atoms with van der Waals surface area (Å²) >= 11 is 0. The predicted molar refractivity (Wildman–Crippen MR) is 102 cm³/mol. The molecule has 5 heteroatoms. The molecule has 0 spiro atoms. The molecule has 0 aliphatic carbocycles. The van der Waals surface area contributed by atoms with Crippen LogP contribution in [-0.2, 0) is 0 Å². The Bertz CT molecular complexity index is 643. The highest BCUT2D eigenvalue weighted by Gasteiger charge is 2.17. The summed E-state index contributed by atoms with van der Waals surface area (Å²) in [5.74, 6) is 0.915. The number of ether oxygens (including phenoxy) is 1. The minimum atomic E-state index is 0.722. The van der Waals surface area contributed by atoms with Crippen LogP contribution in [0.3, 0.4) is 0 Å². The Labute approximate surface area is 150 Å². The van der Waals surface area contributed by atoms with E-state index in [0.29, 0.717) is 0 Å². The van der Waals surface area contributed by atoms with Crippen molar-refractivity contribution < 1.29 is 4.74 Å². The molecule has 1 fully saturated rings. The topological polar surface area (TPSA) is 44.4 Å². The zero-order chi connectivity index (χ0) is 17.5. The monoisotopic (exact) mass is 340 g/mol. The SMILES string of the molecule is C=C(CCC)N1CCN(CCOc2ccc(-c3ccn[nH]3)cc2)CC1. The van der Waals surface area contributed by atoms with Crippen LogP contribution in [-0.4, -0.2) is 59.3 Å². The summed E-state index contributed by atoms with van der Waals surface area (Å²) in [5.41, 5.74) is 3.43. The normalized spacial score (nSPS) is 15.3. The van der Waals surface area contributed by atoms with Gasteiger partial charge >= 0.3 is 0 Å². The lowest BCUT2D eigenvalue weighted by molar-refractivity contribution is 0.135. The highest BCUT2D eigenvalue weighted by molar-refractivity contribution is 5.59. The van der Waals surface area contributed by atoms with Crippen molar-refractivity contribution in [2.45, 2.75) is 19.8 Å². The maximum Gasteiger partial charge on any atom is 0.119 e. The summed E-state index contributed by atoms with van der Waals surface area (Å²) in [7, 11) is 0. The van der Waals surface area contributed by atoms with Crippen molar-refractivity contribution in [1.82, 2.24) is 20.0 Å². The van der Waals surface area contributed by atoms with Crippen molar-refractivity contribution in [2.75, 3.05) is 39.3 Å². The van der Waals surface area contributed by atoms with Crippen LogP contribution in [0.15, 0.2) is 48.8 Å². The molecule has 1 aliphatic rings. The average Bonchev–Trinajstić information content (AvgIpc) is 3.18. The minimum absolute atomic E-state index is 0.722. The zero-order valence-electron chi connectivity index (χ0n) is 15.1. The fourth-order valence-corrected chi connectivity index (χ4v) is 3.17. The van der Waals surface area contributed by atoms with Crippen molar-refractivity contribution in [3.05, 3.63) is 48.8 Å². The van der Waals surface area contributed by atoms with Crippen molar-refractivity contribution in [1.29, 1.82) is 0 Å². The highest BCUT2D eigenvalue weighted by atomic mass is 16.5. The van der Waals surface area contributed by atoms with Gasteiger partial charge in [-0.15, -0.1) is 0 Å². The summed E-state index contributed by atoms with van der Waals surface area (Å²) in [6.45, 7) is 12.4. The number of aromatic amines is 1. The number of rotatable bonds is 8. The van der Waals surface area contributed by atoms with Crippen molar-refractivity contribution >= 4 is 0 Å². The second-order valence-corrected chi connectivity index (χ2v) is 6.49. The van der Waals surface area contributed by atoms with Crippen LogP contribution in [0.4, 0.5) is 0 Å². The van der Waals surface area contributed by atoms with Gasteiger partial charge in [-0.3, -0.25) is 10.00 Å². The molecule has 0 atom stereocenters. The number of aromatic nitrogens is 2. The molecule has 1 aromatic carbocycles. The summed E-state index contributed by atoms with van der Waals surface area (Å²) in [4.78, 5) is 4.89. The Morgan fingerprint density at radius 3 is 2.56 bits per heavy atom. The molecule has 0 unspecified atom stereocenters. The van der Waals surface area contributed by atoms with E-state index in [0.717, 1.165) is 62.8 Å². The van der Waals surface area contributed by atoms with Crippen LogP contribution in [0.5, 0.6) is 5.75 Å². The van der Waals surface area contributed by atoms with Gasteiger partial charge < -0.3 is 9.64 Å². The zero-order valence-corrected chi connectivity index (χ0v) is 15.1. The van der Waals surface area contributed by atoms with E-state index < -0.39 is 0 Å². The van der Waals surface area contributed by atoms with E-state index >= 15 is 0 Å². The maximum absolute atomic E-state index is 5.90. The van der Waals surface area contributed by atoms with E-state index in [1.165, 1.54) is 12.1 Å². The Morgan fingerprint density at radius 2 is 1.92 bits per heavy atom. The maximum atomic E-state index is 5.90. The van der Waals surface area contributed by atoms with Crippen LogP contribution in [0.2, 0.25) is 0 Å². The van der Waals surface area contributed by atoms with E-state index in [2.05, 4.69) is 45.6 Å². The van der Waals surface area contributed by atoms with Crippen LogP contribution in [0.25, 0.3) is 11.3 Å². The molecule has 1 N–H and O–H groups in total. The van der Waals surface area contributed by atoms with E-state index in [-0.39, 0.29) is 0 Å². The number of nitrogens with one attached hydrogen (secondary N) is 1. The van der Waals surface area contributed by atoms with Crippen LogP contribution in [0, 0.1) is 0 Å². The molecule has 134 valence electrons. The fraction of sp³-hybridized carbons (Fsp3) is 0.450. The van der Waals surface area contributed by atoms with E-state index in [1.807, 2.05) is 18.2 Å². The number of piperazine rings is 1. The van der Waals surface area contributed by atoms with Crippen LogP contribution in [0.1, 0.15) is 19.8 Å². The van der Waals surface area contributed by atoms with Gasteiger partial charge in [0, 0.05) is 44.6 Å². The number of benzene rings is 1. The van der Waals surface area contributed by atoms with Crippen molar-refractivity contribution in [2.24, 2.45) is 0 Å². The lowest BCUT2D eigenvalue weighted by atomic mass is 10.1. The first kappa shape index (κ1) is 17.5. The lowest BCUT2D eigenvalue weighted by Crippen LogP contribution is -2.46. The van der Waals surface area contributed by atoms with Gasteiger partial charge in [-0.25, -0.2) is 0 Å². The quantitative estimate of drug-likeness (QED) is 0.800. The number of H-pyrrole nitrogens is 1. The molecule has 5 nitrogen and oxygen atoms in total. The predicted octanol–water partition coefficient (Wildman–Crippen LogP) is 3.39. The third kappa shape index (κ3) is 4.86. The molecule has 1 aliphatic heterocycles. The number of nitrogens with zero attached hydrogens (tertiary/aromatic N) is 3. The molecule has 1 aromatic heterocycles. The van der Waals surface area contributed by atoms with Crippen molar-refractivity contribution in [3.63, 3.8) is 0 Å². The van der Waals surface area contributed by atoms with Crippen LogP contribution < -0.4 is 4.74 Å². The van der Waals surface area contributed by atoms with E-state index in [4.69, 9.17) is 4.74 Å². The van der Waals surface area contributed by atoms with E-state index in [9.17, 15) is 0 Å². The molecular weight excluding hydrogens is 312 g/mol. The first-order chi connectivity index (χ1) is 12.3. The second-order valence-electron chi connectivity index (χ2n) is 6.49. The molecule has 0 saturated carbocycles. The standard InChI is InChI=1S/C20H28N4O/c1-3-4-17(2)24-13-11-23(12-14-24)15-16-25-19-7-5-18(6-8-19)20-9-10-21-22-20/h5-10H,2-4,11-16H2,1H3,(H,21,22). The first-order valence-corrected chi connectivity index (χ1v) is 9.14. The molecule has 0 bridgehead atoms. The van der Waals surface area contributed by atoms with Crippen LogP contribution >= 0.6 is 0 Å². The Balaban J connectivity index is 1.38. The summed E-state index contributed by atoms with van der Waals surface area (Å²) in [6, 6.07) is 10.1. The average molecular weight is 340 g/mol. The Hall–Kier alpha value is -2.27. The molecule has 2 aromatic rings.